The quantitative estimate of drug-likeness (QED) is 0.800. The van der Waals surface area contributed by atoms with Gasteiger partial charge in [-0.3, -0.25) is 0 Å². The van der Waals surface area contributed by atoms with Gasteiger partial charge < -0.3 is 15.2 Å². The lowest BCUT2D eigenvalue weighted by molar-refractivity contribution is 0.309. The van der Waals surface area contributed by atoms with Crippen molar-refractivity contribution in [1.29, 1.82) is 0 Å². The smallest absolute Gasteiger partial charge is 0.160 e. The molecular weight excluding hydrogens is 190 g/mol. The third-order valence-electron chi connectivity index (χ3n) is 2.92. The molecule has 0 radical (unpaired) electrons. The molecule has 1 aromatic rings. The number of aromatic hydroxyl groups is 1. The van der Waals surface area contributed by atoms with Gasteiger partial charge in [-0.1, -0.05) is 6.92 Å². The highest BCUT2D eigenvalue weighted by molar-refractivity contribution is 5.54. The van der Waals surface area contributed by atoms with Gasteiger partial charge in [0.25, 0.3) is 0 Å². The summed E-state index contributed by atoms with van der Waals surface area (Å²) >= 11 is 0. The van der Waals surface area contributed by atoms with Crippen molar-refractivity contribution in [2.45, 2.75) is 25.8 Å². The molecule has 0 atom stereocenters. The Hall–Kier alpha value is -1.38. The molecule has 0 aliphatic heterocycles. The maximum Gasteiger partial charge on any atom is 0.160 e. The Morgan fingerprint density at radius 2 is 2.13 bits per heavy atom. The van der Waals surface area contributed by atoms with E-state index in [-0.39, 0.29) is 5.75 Å². The highest BCUT2D eigenvalue weighted by atomic mass is 16.5. The zero-order valence-corrected chi connectivity index (χ0v) is 9.16. The maximum absolute atomic E-state index is 9.58. The van der Waals surface area contributed by atoms with Gasteiger partial charge in [-0.25, -0.2) is 0 Å². The molecule has 0 bridgehead atoms. The molecule has 3 nitrogen and oxygen atoms in total. The number of ether oxygens (including phenoxy) is 1. The van der Waals surface area contributed by atoms with Crippen LogP contribution in [0.4, 0.5) is 5.69 Å². The summed E-state index contributed by atoms with van der Waals surface area (Å²) in [6.45, 7) is 2.25. The second-order valence-electron chi connectivity index (χ2n) is 4.30. The van der Waals surface area contributed by atoms with Crippen molar-refractivity contribution < 1.29 is 9.84 Å². The van der Waals surface area contributed by atoms with Crippen LogP contribution in [0.25, 0.3) is 0 Å². The minimum atomic E-state index is 0.190. The first kappa shape index (κ1) is 10.1. The molecule has 2 rings (SSSR count). The van der Waals surface area contributed by atoms with Gasteiger partial charge in [0.05, 0.1) is 7.11 Å². The minimum absolute atomic E-state index is 0.190. The molecule has 15 heavy (non-hydrogen) atoms. The lowest BCUT2D eigenvalue weighted by atomic mass is 9.82. The van der Waals surface area contributed by atoms with E-state index in [1.54, 1.807) is 19.2 Å². The molecule has 0 saturated heterocycles. The van der Waals surface area contributed by atoms with Crippen molar-refractivity contribution in [1.82, 2.24) is 0 Å². The van der Waals surface area contributed by atoms with Crippen molar-refractivity contribution in [2.75, 3.05) is 12.4 Å². The Morgan fingerprint density at radius 1 is 1.40 bits per heavy atom. The van der Waals surface area contributed by atoms with Gasteiger partial charge >= 0.3 is 0 Å². The number of methoxy groups -OCH3 is 1. The third-order valence-corrected chi connectivity index (χ3v) is 2.92. The summed E-state index contributed by atoms with van der Waals surface area (Å²) in [6, 6.07) is 5.98. The molecule has 2 N–H and O–H groups in total. The molecule has 0 spiro atoms. The second-order valence-corrected chi connectivity index (χ2v) is 4.30. The Morgan fingerprint density at radius 3 is 2.67 bits per heavy atom. The van der Waals surface area contributed by atoms with E-state index in [1.807, 2.05) is 6.07 Å². The second kappa shape index (κ2) is 4.01. The van der Waals surface area contributed by atoms with E-state index in [0.717, 1.165) is 11.6 Å². The summed E-state index contributed by atoms with van der Waals surface area (Å²) in [5, 5.41) is 13.0. The molecule has 0 aromatic heterocycles. The minimum Gasteiger partial charge on any atom is -0.504 e. The van der Waals surface area contributed by atoms with E-state index in [9.17, 15) is 5.11 Å². The van der Waals surface area contributed by atoms with Gasteiger partial charge in [0, 0.05) is 17.8 Å². The van der Waals surface area contributed by atoms with Crippen LogP contribution in [-0.2, 0) is 0 Å². The molecule has 1 fully saturated rings. The van der Waals surface area contributed by atoms with E-state index in [1.165, 1.54) is 12.8 Å². The maximum atomic E-state index is 9.58. The SMILES string of the molecule is COc1ccc(NC2CC(C)C2)cc1O. The van der Waals surface area contributed by atoms with Gasteiger partial charge in [0.2, 0.25) is 0 Å². The van der Waals surface area contributed by atoms with E-state index < -0.39 is 0 Å². The van der Waals surface area contributed by atoms with Crippen LogP contribution in [0.1, 0.15) is 19.8 Å². The van der Waals surface area contributed by atoms with E-state index in [4.69, 9.17) is 4.74 Å². The van der Waals surface area contributed by atoms with Crippen LogP contribution in [0.2, 0.25) is 0 Å². The lowest BCUT2D eigenvalue weighted by Gasteiger charge is -2.34. The van der Waals surface area contributed by atoms with Gasteiger partial charge in [0.1, 0.15) is 0 Å². The van der Waals surface area contributed by atoms with Crippen molar-refractivity contribution in [3.05, 3.63) is 18.2 Å². The fraction of sp³-hybridized carbons (Fsp3) is 0.500. The number of anilines is 1. The molecule has 0 amide bonds. The average Bonchev–Trinajstić information content (AvgIpc) is 2.16. The summed E-state index contributed by atoms with van der Waals surface area (Å²) < 4.78 is 4.98. The Kier molecular flexibility index (Phi) is 2.71. The van der Waals surface area contributed by atoms with Crippen molar-refractivity contribution in [3.63, 3.8) is 0 Å². The molecule has 3 heteroatoms. The predicted octanol–water partition coefficient (Wildman–Crippen LogP) is 2.61. The van der Waals surface area contributed by atoms with Crippen LogP contribution < -0.4 is 10.1 Å². The Balaban J connectivity index is 2.00. The molecule has 0 unspecified atom stereocenters. The summed E-state index contributed by atoms with van der Waals surface area (Å²) in [7, 11) is 1.55. The van der Waals surface area contributed by atoms with Crippen molar-refractivity contribution in [3.8, 4) is 11.5 Å². The fourth-order valence-corrected chi connectivity index (χ4v) is 2.04. The topological polar surface area (TPSA) is 41.5 Å². The number of hydrogen-bond acceptors (Lipinski definition) is 3. The molecular formula is C12H17NO2. The summed E-state index contributed by atoms with van der Waals surface area (Å²) in [5.74, 6) is 1.53. The monoisotopic (exact) mass is 207 g/mol. The Bertz CT molecular complexity index is 345. The van der Waals surface area contributed by atoms with Crippen LogP contribution in [0.5, 0.6) is 11.5 Å². The lowest BCUT2D eigenvalue weighted by Crippen LogP contribution is -2.33. The molecule has 1 aliphatic rings. The Labute approximate surface area is 90.1 Å². The highest BCUT2D eigenvalue weighted by Crippen LogP contribution is 2.33. The zero-order chi connectivity index (χ0) is 10.8. The number of phenolic OH excluding ortho intramolecular Hbond substituents is 1. The van der Waals surface area contributed by atoms with E-state index in [2.05, 4.69) is 12.2 Å². The van der Waals surface area contributed by atoms with Gasteiger partial charge in [-0.05, 0) is 30.9 Å². The van der Waals surface area contributed by atoms with Gasteiger partial charge in [0.15, 0.2) is 11.5 Å². The largest absolute Gasteiger partial charge is 0.504 e. The first-order valence-corrected chi connectivity index (χ1v) is 5.32. The normalized spacial score (nSPS) is 24.4. The zero-order valence-electron chi connectivity index (χ0n) is 9.16. The summed E-state index contributed by atoms with van der Waals surface area (Å²) in [5.41, 5.74) is 0.963. The van der Waals surface area contributed by atoms with Gasteiger partial charge in [-0.2, -0.15) is 0 Å². The number of rotatable bonds is 3. The molecule has 0 heterocycles. The molecule has 1 aromatic carbocycles. The van der Waals surface area contributed by atoms with Crippen LogP contribution in [-0.4, -0.2) is 18.3 Å². The number of hydrogen-bond donors (Lipinski definition) is 2. The average molecular weight is 207 g/mol. The fourth-order valence-electron chi connectivity index (χ4n) is 2.04. The molecule has 82 valence electrons. The summed E-state index contributed by atoms with van der Waals surface area (Å²) in [6.07, 6.45) is 2.43. The highest BCUT2D eigenvalue weighted by Gasteiger charge is 2.24. The van der Waals surface area contributed by atoms with Crippen LogP contribution in [0.3, 0.4) is 0 Å². The van der Waals surface area contributed by atoms with Crippen molar-refractivity contribution in [2.24, 2.45) is 5.92 Å². The van der Waals surface area contributed by atoms with E-state index >= 15 is 0 Å². The standard InChI is InChI=1S/C12H17NO2/c1-8-5-10(6-8)13-9-3-4-12(15-2)11(14)7-9/h3-4,7-8,10,13-14H,5-6H2,1-2H3. The van der Waals surface area contributed by atoms with E-state index in [0.29, 0.717) is 11.8 Å². The summed E-state index contributed by atoms with van der Waals surface area (Å²) in [4.78, 5) is 0. The number of benzene rings is 1. The van der Waals surface area contributed by atoms with Gasteiger partial charge in [-0.15, -0.1) is 0 Å². The predicted molar refractivity (Wildman–Crippen MR) is 60.5 cm³/mol. The van der Waals surface area contributed by atoms with Crippen LogP contribution in [0.15, 0.2) is 18.2 Å². The first-order chi connectivity index (χ1) is 7.19. The van der Waals surface area contributed by atoms with Crippen LogP contribution >= 0.6 is 0 Å². The first-order valence-electron chi connectivity index (χ1n) is 5.32. The molecule has 1 aliphatic carbocycles. The van der Waals surface area contributed by atoms with Crippen molar-refractivity contribution >= 4 is 5.69 Å². The third kappa shape index (κ3) is 2.17. The molecule has 1 saturated carbocycles. The number of nitrogens with one attached hydrogen (secondary N) is 1. The van der Waals surface area contributed by atoms with Crippen LogP contribution in [0, 0.1) is 5.92 Å². The number of phenols is 1.